The van der Waals surface area contributed by atoms with E-state index >= 15 is 0 Å². The predicted molar refractivity (Wildman–Crippen MR) is 102 cm³/mol. The first-order valence-corrected chi connectivity index (χ1v) is 9.43. The van der Waals surface area contributed by atoms with E-state index in [1.54, 1.807) is 18.7 Å². The van der Waals surface area contributed by atoms with Crippen molar-refractivity contribution in [3.63, 3.8) is 0 Å². The Balaban J connectivity index is 1.49. The average Bonchev–Trinajstić information content (AvgIpc) is 3.09. The Kier molecular flexibility index (Phi) is 4.42. The molecular weight excluding hydrogens is 348 g/mol. The van der Waals surface area contributed by atoms with Gasteiger partial charge in [0.25, 0.3) is 0 Å². The van der Waals surface area contributed by atoms with Gasteiger partial charge in [-0.3, -0.25) is 4.79 Å². The molecule has 3 aromatic rings. The van der Waals surface area contributed by atoms with Crippen molar-refractivity contribution in [1.82, 2.24) is 15.0 Å². The van der Waals surface area contributed by atoms with Gasteiger partial charge in [-0.25, -0.2) is 15.0 Å². The zero-order valence-corrected chi connectivity index (χ0v) is 15.5. The molecule has 1 saturated heterocycles. The number of nitrogens with one attached hydrogen (secondary N) is 1. The van der Waals surface area contributed by atoms with Crippen LogP contribution < -0.4 is 5.32 Å². The molecule has 0 spiro atoms. The highest BCUT2D eigenvalue weighted by atomic mass is 32.1. The Morgan fingerprint density at radius 2 is 2.19 bits per heavy atom. The van der Waals surface area contributed by atoms with Gasteiger partial charge in [0, 0.05) is 30.3 Å². The second kappa shape index (κ2) is 6.74. The van der Waals surface area contributed by atoms with Crippen molar-refractivity contribution in [3.8, 4) is 10.4 Å². The summed E-state index contributed by atoms with van der Waals surface area (Å²) in [5.74, 6) is -0.0167. The molecule has 1 N–H and O–H groups in total. The van der Waals surface area contributed by atoms with Crippen LogP contribution in [0.25, 0.3) is 21.3 Å². The van der Waals surface area contributed by atoms with Gasteiger partial charge in [-0.15, -0.1) is 0 Å². The number of thiazole rings is 1. The highest BCUT2D eigenvalue weighted by Crippen LogP contribution is 2.33. The van der Waals surface area contributed by atoms with Crippen LogP contribution in [0.15, 0.2) is 36.9 Å². The fourth-order valence-electron chi connectivity index (χ4n) is 3.26. The lowest BCUT2D eigenvalue weighted by Gasteiger charge is -2.34. The predicted octanol–water partition coefficient (Wildman–Crippen LogP) is 3.90. The van der Waals surface area contributed by atoms with Gasteiger partial charge < -0.3 is 10.1 Å². The highest BCUT2D eigenvalue weighted by molar-refractivity contribution is 7.19. The van der Waals surface area contributed by atoms with E-state index in [-0.39, 0.29) is 17.4 Å². The molecule has 6 nitrogen and oxygen atoms in total. The lowest BCUT2D eigenvalue weighted by molar-refractivity contribution is -0.130. The smallest absolute Gasteiger partial charge is 0.229 e. The summed E-state index contributed by atoms with van der Waals surface area (Å²) in [4.78, 5) is 26.2. The Bertz CT molecular complexity index is 953. The van der Waals surface area contributed by atoms with Crippen molar-refractivity contribution in [2.24, 2.45) is 5.92 Å². The molecule has 134 valence electrons. The third-order valence-corrected chi connectivity index (χ3v) is 5.56. The molecule has 7 heteroatoms. The van der Waals surface area contributed by atoms with Crippen LogP contribution >= 0.6 is 11.3 Å². The van der Waals surface area contributed by atoms with Crippen molar-refractivity contribution in [3.05, 3.63) is 36.9 Å². The number of rotatable bonds is 3. The van der Waals surface area contributed by atoms with Crippen LogP contribution in [0.4, 0.5) is 5.13 Å². The summed E-state index contributed by atoms with van der Waals surface area (Å²) in [6.07, 6.45) is 6.59. The Labute approximate surface area is 155 Å². The molecule has 3 heterocycles. The van der Waals surface area contributed by atoms with Gasteiger partial charge in [0.1, 0.15) is 6.33 Å². The molecular formula is C19H20N4O2S. The Morgan fingerprint density at radius 1 is 1.31 bits per heavy atom. The maximum atomic E-state index is 12.6. The standard InChI is InChI=1S/C19H20N4O2S/c1-19(2)8-13(5-6-25-19)17(24)23-18-21-10-16(26-18)12-3-4-14-9-20-11-22-15(14)7-12/h3-4,7,9-11,13H,5-6,8H2,1-2H3,(H,21,23,24). The number of nitrogens with zero attached hydrogens (tertiary/aromatic N) is 3. The summed E-state index contributed by atoms with van der Waals surface area (Å²) < 4.78 is 5.69. The molecule has 1 amide bonds. The van der Waals surface area contributed by atoms with E-state index in [0.29, 0.717) is 11.7 Å². The fourth-order valence-corrected chi connectivity index (χ4v) is 4.07. The molecule has 1 atom stereocenters. The maximum absolute atomic E-state index is 12.6. The molecule has 1 aliphatic rings. The minimum Gasteiger partial charge on any atom is -0.376 e. The molecule has 0 radical (unpaired) electrons. The maximum Gasteiger partial charge on any atom is 0.229 e. The second-order valence-electron chi connectivity index (χ2n) is 7.11. The van der Waals surface area contributed by atoms with Crippen LogP contribution in [0.2, 0.25) is 0 Å². The van der Waals surface area contributed by atoms with Crippen LogP contribution in [0.1, 0.15) is 26.7 Å². The highest BCUT2D eigenvalue weighted by Gasteiger charge is 2.33. The average molecular weight is 368 g/mol. The van der Waals surface area contributed by atoms with E-state index in [0.717, 1.165) is 34.2 Å². The van der Waals surface area contributed by atoms with Crippen molar-refractivity contribution in [1.29, 1.82) is 0 Å². The van der Waals surface area contributed by atoms with Crippen LogP contribution in [-0.2, 0) is 9.53 Å². The number of benzene rings is 1. The molecule has 4 rings (SSSR count). The van der Waals surface area contributed by atoms with Crippen LogP contribution in [0.5, 0.6) is 0 Å². The van der Waals surface area contributed by atoms with E-state index in [9.17, 15) is 4.79 Å². The number of carbonyl (C=O) groups is 1. The number of anilines is 1. The van der Waals surface area contributed by atoms with Gasteiger partial charge in [0.05, 0.1) is 16.0 Å². The molecule has 2 aromatic heterocycles. The van der Waals surface area contributed by atoms with E-state index in [1.165, 1.54) is 11.3 Å². The topological polar surface area (TPSA) is 77.0 Å². The molecule has 1 unspecified atom stereocenters. The minimum atomic E-state index is -0.249. The third kappa shape index (κ3) is 3.59. The lowest BCUT2D eigenvalue weighted by Crippen LogP contribution is -2.39. The summed E-state index contributed by atoms with van der Waals surface area (Å²) >= 11 is 1.47. The molecule has 1 aliphatic heterocycles. The van der Waals surface area contributed by atoms with Gasteiger partial charge in [-0.2, -0.15) is 0 Å². The monoisotopic (exact) mass is 368 g/mol. The molecule has 0 saturated carbocycles. The number of amides is 1. The third-order valence-electron chi connectivity index (χ3n) is 4.60. The molecule has 0 bridgehead atoms. The van der Waals surface area contributed by atoms with E-state index < -0.39 is 0 Å². The van der Waals surface area contributed by atoms with Crippen molar-refractivity contribution < 1.29 is 9.53 Å². The second-order valence-corrected chi connectivity index (χ2v) is 8.14. The Morgan fingerprint density at radius 3 is 3.04 bits per heavy atom. The van der Waals surface area contributed by atoms with Crippen molar-refractivity contribution >= 4 is 33.3 Å². The lowest BCUT2D eigenvalue weighted by atomic mass is 9.88. The first-order valence-electron chi connectivity index (χ1n) is 8.61. The Hall–Kier alpha value is -2.38. The minimum absolute atomic E-state index is 0.0218. The molecule has 1 aromatic carbocycles. The number of fused-ring (bicyclic) bond motifs is 1. The quantitative estimate of drug-likeness (QED) is 0.759. The van der Waals surface area contributed by atoms with Crippen molar-refractivity contribution in [2.75, 3.05) is 11.9 Å². The summed E-state index contributed by atoms with van der Waals surface area (Å²) in [6.45, 7) is 4.67. The zero-order valence-electron chi connectivity index (χ0n) is 14.7. The van der Waals surface area contributed by atoms with Gasteiger partial charge in [-0.1, -0.05) is 23.5 Å². The number of ether oxygens (including phenoxy) is 1. The van der Waals surface area contributed by atoms with Gasteiger partial charge in [-0.05, 0) is 38.3 Å². The molecule has 26 heavy (non-hydrogen) atoms. The molecule has 0 aliphatic carbocycles. The number of hydrogen-bond donors (Lipinski definition) is 1. The van der Waals surface area contributed by atoms with E-state index in [2.05, 4.69) is 20.3 Å². The summed E-state index contributed by atoms with van der Waals surface area (Å²) in [7, 11) is 0. The zero-order chi connectivity index (χ0) is 18.1. The number of hydrogen-bond acceptors (Lipinski definition) is 6. The summed E-state index contributed by atoms with van der Waals surface area (Å²) in [6, 6.07) is 6.02. The summed E-state index contributed by atoms with van der Waals surface area (Å²) in [5, 5.41) is 4.58. The van der Waals surface area contributed by atoms with Crippen molar-refractivity contribution in [2.45, 2.75) is 32.3 Å². The van der Waals surface area contributed by atoms with E-state index in [1.807, 2.05) is 32.0 Å². The van der Waals surface area contributed by atoms with Crippen LogP contribution in [0.3, 0.4) is 0 Å². The number of aromatic nitrogens is 3. The number of carbonyl (C=O) groups excluding carboxylic acids is 1. The van der Waals surface area contributed by atoms with Gasteiger partial charge >= 0.3 is 0 Å². The fraction of sp³-hybridized carbons (Fsp3) is 0.368. The van der Waals surface area contributed by atoms with Crippen LogP contribution in [0, 0.1) is 5.92 Å². The largest absolute Gasteiger partial charge is 0.376 e. The first kappa shape index (κ1) is 17.1. The first-order chi connectivity index (χ1) is 12.5. The van der Waals surface area contributed by atoms with Gasteiger partial charge in [0.15, 0.2) is 5.13 Å². The molecule has 1 fully saturated rings. The van der Waals surface area contributed by atoms with E-state index in [4.69, 9.17) is 4.74 Å². The van der Waals surface area contributed by atoms with Gasteiger partial charge in [0.2, 0.25) is 5.91 Å². The summed E-state index contributed by atoms with van der Waals surface area (Å²) in [5.41, 5.74) is 1.67. The van der Waals surface area contributed by atoms with Crippen LogP contribution in [-0.4, -0.2) is 33.1 Å². The SMILES string of the molecule is CC1(C)CC(C(=O)Nc2ncc(-c3ccc4cncnc4c3)s2)CCO1. The normalized spacial score (nSPS) is 19.4.